The van der Waals surface area contributed by atoms with Crippen LogP contribution in [-0.2, 0) is 0 Å². The van der Waals surface area contributed by atoms with E-state index >= 15 is 0 Å². The normalized spacial score (nSPS) is 17.5. The van der Waals surface area contributed by atoms with Crippen LogP contribution in [0.1, 0.15) is 48.3 Å². The first-order chi connectivity index (χ1) is 15.7. The molecule has 0 bridgehead atoms. The first-order valence-corrected chi connectivity index (χ1v) is 12.2. The summed E-state index contributed by atoms with van der Waals surface area (Å²) >= 11 is 1.57. The summed E-state index contributed by atoms with van der Waals surface area (Å²) in [6, 6.07) is 8.13. The molecule has 8 nitrogen and oxygen atoms in total. The number of nitrogens with zero attached hydrogens (tertiary/aromatic N) is 5. The third-order valence-electron chi connectivity index (χ3n) is 6.16. The van der Waals surface area contributed by atoms with Crippen molar-refractivity contribution in [3.05, 3.63) is 41.0 Å². The molecule has 1 aliphatic carbocycles. The summed E-state index contributed by atoms with van der Waals surface area (Å²) in [6.07, 6.45) is 6.23. The lowest BCUT2D eigenvalue weighted by molar-refractivity contribution is 0.0736. The highest BCUT2D eigenvalue weighted by Crippen LogP contribution is 2.26. The molecule has 2 aliphatic rings. The lowest BCUT2D eigenvalue weighted by Crippen LogP contribution is -2.49. The minimum absolute atomic E-state index is 0.0882. The van der Waals surface area contributed by atoms with E-state index in [1.165, 1.54) is 32.1 Å². The summed E-state index contributed by atoms with van der Waals surface area (Å²) in [6.45, 7) is 4.69. The number of aromatic nitrogens is 3. The topological polar surface area (TPSA) is 87.4 Å². The molecule has 1 N–H and O–H groups in total. The van der Waals surface area contributed by atoms with Crippen LogP contribution in [0.3, 0.4) is 0 Å². The monoisotopic (exact) mass is 452 g/mol. The van der Waals surface area contributed by atoms with E-state index in [4.69, 9.17) is 9.51 Å². The van der Waals surface area contributed by atoms with Gasteiger partial charge < -0.3 is 19.6 Å². The van der Waals surface area contributed by atoms with Crippen LogP contribution in [0.25, 0.3) is 10.6 Å². The molecular formula is C23H28N6O2S. The number of hydrogen-bond acceptors (Lipinski definition) is 8. The third-order valence-corrected chi connectivity index (χ3v) is 7.05. The fraction of sp³-hybridized carbons (Fsp3) is 0.478. The number of piperazine rings is 1. The fourth-order valence-corrected chi connectivity index (χ4v) is 5.09. The number of aryl methyl sites for hydroxylation is 1. The second-order valence-electron chi connectivity index (χ2n) is 8.50. The lowest BCUT2D eigenvalue weighted by Gasteiger charge is -2.35. The number of nitrogens with one attached hydrogen (secondary N) is 1. The Morgan fingerprint density at radius 3 is 2.69 bits per heavy atom. The first kappa shape index (κ1) is 20.9. The molecule has 168 valence electrons. The van der Waals surface area contributed by atoms with Crippen LogP contribution < -0.4 is 10.2 Å². The average molecular weight is 453 g/mol. The number of hydrogen-bond donors (Lipinski definition) is 1. The van der Waals surface area contributed by atoms with Gasteiger partial charge in [0.25, 0.3) is 5.91 Å². The van der Waals surface area contributed by atoms with Gasteiger partial charge in [0, 0.05) is 50.0 Å². The van der Waals surface area contributed by atoms with E-state index in [-0.39, 0.29) is 5.91 Å². The predicted molar refractivity (Wildman–Crippen MR) is 125 cm³/mol. The SMILES string of the molecule is Cc1cc(N2CCN(C(=O)c3cc(-c4cccs4)on3)CC2)nc(NC2CCCCC2)n1. The van der Waals surface area contributed by atoms with Crippen LogP contribution >= 0.6 is 11.3 Å². The maximum Gasteiger partial charge on any atom is 0.276 e. The molecule has 0 unspecified atom stereocenters. The highest BCUT2D eigenvalue weighted by atomic mass is 32.1. The fourth-order valence-electron chi connectivity index (χ4n) is 4.42. The van der Waals surface area contributed by atoms with Gasteiger partial charge >= 0.3 is 0 Å². The van der Waals surface area contributed by atoms with Gasteiger partial charge in [-0.2, -0.15) is 4.98 Å². The summed E-state index contributed by atoms with van der Waals surface area (Å²) < 4.78 is 5.38. The summed E-state index contributed by atoms with van der Waals surface area (Å²) in [4.78, 5) is 27.3. The van der Waals surface area contributed by atoms with E-state index in [0.717, 1.165) is 29.5 Å². The number of carbonyl (C=O) groups is 1. The molecule has 5 rings (SSSR count). The largest absolute Gasteiger partial charge is 0.355 e. The van der Waals surface area contributed by atoms with E-state index in [1.807, 2.05) is 35.4 Å². The molecule has 2 fully saturated rings. The zero-order valence-corrected chi connectivity index (χ0v) is 19.1. The maximum atomic E-state index is 12.9. The Bertz CT molecular complexity index is 1050. The van der Waals surface area contributed by atoms with Gasteiger partial charge in [0.2, 0.25) is 5.95 Å². The molecule has 0 atom stereocenters. The average Bonchev–Trinajstić information content (AvgIpc) is 3.51. The van der Waals surface area contributed by atoms with Crippen LogP contribution in [0, 0.1) is 6.92 Å². The van der Waals surface area contributed by atoms with Gasteiger partial charge in [0.1, 0.15) is 5.82 Å². The van der Waals surface area contributed by atoms with Gasteiger partial charge in [-0.1, -0.05) is 30.5 Å². The molecule has 3 aromatic heterocycles. The number of carbonyl (C=O) groups excluding carboxylic acids is 1. The molecular weight excluding hydrogens is 424 g/mol. The quantitative estimate of drug-likeness (QED) is 0.620. The molecule has 1 aliphatic heterocycles. The van der Waals surface area contributed by atoms with Crippen LogP contribution in [0.5, 0.6) is 0 Å². The van der Waals surface area contributed by atoms with Gasteiger partial charge in [-0.15, -0.1) is 11.3 Å². The van der Waals surface area contributed by atoms with Crippen molar-refractivity contribution in [2.75, 3.05) is 36.4 Å². The van der Waals surface area contributed by atoms with Gasteiger partial charge in [-0.05, 0) is 31.2 Å². The van der Waals surface area contributed by atoms with Crippen LogP contribution in [0.2, 0.25) is 0 Å². The van der Waals surface area contributed by atoms with Crippen molar-refractivity contribution in [2.24, 2.45) is 0 Å². The number of thiophene rings is 1. The molecule has 0 radical (unpaired) electrons. The third kappa shape index (κ3) is 4.62. The summed E-state index contributed by atoms with van der Waals surface area (Å²) in [5.41, 5.74) is 1.31. The molecule has 9 heteroatoms. The van der Waals surface area contributed by atoms with Gasteiger partial charge in [-0.25, -0.2) is 4.98 Å². The van der Waals surface area contributed by atoms with Crippen molar-refractivity contribution >= 4 is 29.0 Å². The summed E-state index contributed by atoms with van der Waals surface area (Å²) in [5.74, 6) is 2.18. The highest BCUT2D eigenvalue weighted by molar-refractivity contribution is 7.13. The minimum atomic E-state index is -0.0882. The van der Waals surface area contributed by atoms with Crippen molar-refractivity contribution in [3.8, 4) is 10.6 Å². The molecule has 32 heavy (non-hydrogen) atoms. The van der Waals surface area contributed by atoms with E-state index < -0.39 is 0 Å². The highest BCUT2D eigenvalue weighted by Gasteiger charge is 2.26. The van der Waals surface area contributed by atoms with Crippen LogP contribution in [0.15, 0.2) is 34.2 Å². The second kappa shape index (κ2) is 9.28. The van der Waals surface area contributed by atoms with E-state index in [9.17, 15) is 4.79 Å². The van der Waals surface area contributed by atoms with Crippen LogP contribution in [0.4, 0.5) is 11.8 Å². The molecule has 4 heterocycles. The first-order valence-electron chi connectivity index (χ1n) is 11.3. The summed E-state index contributed by atoms with van der Waals surface area (Å²) in [5, 5.41) is 9.51. The van der Waals surface area contributed by atoms with Gasteiger partial charge in [0.15, 0.2) is 11.5 Å². The Hall–Kier alpha value is -2.94. The smallest absolute Gasteiger partial charge is 0.276 e. The van der Waals surface area contributed by atoms with Gasteiger partial charge in [-0.3, -0.25) is 4.79 Å². The zero-order valence-electron chi connectivity index (χ0n) is 18.3. The molecule has 0 spiro atoms. The van der Waals surface area contributed by atoms with E-state index in [2.05, 4.69) is 20.4 Å². The van der Waals surface area contributed by atoms with Crippen molar-refractivity contribution in [1.82, 2.24) is 20.0 Å². The molecule has 1 amide bonds. The predicted octanol–water partition coefficient (Wildman–Crippen LogP) is 4.21. The minimum Gasteiger partial charge on any atom is -0.355 e. The number of amides is 1. The Labute approximate surface area is 191 Å². The molecule has 1 saturated carbocycles. The van der Waals surface area contributed by atoms with Crippen molar-refractivity contribution in [3.63, 3.8) is 0 Å². The van der Waals surface area contributed by atoms with E-state index in [0.29, 0.717) is 36.5 Å². The standard InChI is InChI=1S/C23H28N6O2S/c1-16-14-21(26-23(24-16)25-17-6-3-2-4-7-17)28-9-11-29(12-10-28)22(30)18-15-19(31-27-18)20-8-5-13-32-20/h5,8,13-15,17H,2-4,6-7,9-12H2,1H3,(H,24,25,26). The van der Waals surface area contributed by atoms with Crippen molar-refractivity contribution < 1.29 is 9.32 Å². The lowest BCUT2D eigenvalue weighted by atomic mass is 9.96. The number of rotatable bonds is 5. The Morgan fingerprint density at radius 1 is 1.12 bits per heavy atom. The second-order valence-corrected chi connectivity index (χ2v) is 9.45. The van der Waals surface area contributed by atoms with Crippen molar-refractivity contribution in [1.29, 1.82) is 0 Å². The van der Waals surface area contributed by atoms with Crippen LogP contribution in [-0.4, -0.2) is 58.2 Å². The molecule has 3 aromatic rings. The maximum absolute atomic E-state index is 12.9. The molecule has 0 aromatic carbocycles. The van der Waals surface area contributed by atoms with Crippen molar-refractivity contribution in [2.45, 2.75) is 45.1 Å². The Morgan fingerprint density at radius 2 is 1.94 bits per heavy atom. The Balaban J connectivity index is 1.21. The summed E-state index contributed by atoms with van der Waals surface area (Å²) in [7, 11) is 0. The Kier molecular flexibility index (Phi) is 6.07. The molecule has 1 saturated heterocycles. The van der Waals surface area contributed by atoms with Gasteiger partial charge in [0.05, 0.1) is 4.88 Å². The zero-order chi connectivity index (χ0) is 21.9. The number of anilines is 2. The van der Waals surface area contributed by atoms with E-state index in [1.54, 1.807) is 17.4 Å².